The van der Waals surface area contributed by atoms with Gasteiger partial charge in [0.1, 0.15) is 29.7 Å². The maximum Gasteiger partial charge on any atom is 0.335 e. The molecule has 7 aromatic rings. The van der Waals surface area contributed by atoms with Crippen LogP contribution in [-0.2, 0) is 0 Å². The smallest absolute Gasteiger partial charge is 0.335 e. The Kier molecular flexibility index (Phi) is 9.01. The number of anilines is 1. The van der Waals surface area contributed by atoms with Crippen molar-refractivity contribution >= 4 is 45.3 Å². The first-order valence-electron chi connectivity index (χ1n) is 14.7. The Morgan fingerprint density at radius 1 is 0.918 bits per heavy atom. The minimum Gasteiger partial charge on any atom is -0.494 e. The van der Waals surface area contributed by atoms with Gasteiger partial charge < -0.3 is 15.6 Å². The molecular formula is C35H26ClF2N7O4. The van der Waals surface area contributed by atoms with E-state index in [1.54, 1.807) is 79.7 Å². The zero-order chi connectivity index (χ0) is 34.8. The lowest BCUT2D eigenvalue weighted by molar-refractivity contribution is 0.0697. The van der Waals surface area contributed by atoms with Gasteiger partial charge in [0.05, 0.1) is 39.7 Å². The molecule has 0 aliphatic carbocycles. The number of para-hydroxylation sites is 1. The molecule has 0 fully saturated rings. The molecule has 4 aromatic carbocycles. The molecule has 11 nitrogen and oxygen atoms in total. The summed E-state index contributed by atoms with van der Waals surface area (Å²) in [4.78, 5) is 37.3. The first kappa shape index (κ1) is 32.7. The molecule has 3 N–H and O–H groups in total. The summed E-state index contributed by atoms with van der Waals surface area (Å²) in [6.45, 7) is 1.76. The van der Waals surface area contributed by atoms with E-state index in [0.29, 0.717) is 22.6 Å². The molecule has 0 saturated heterocycles. The van der Waals surface area contributed by atoms with E-state index >= 15 is 4.39 Å². The second-order valence-electron chi connectivity index (χ2n) is 10.6. The normalized spacial score (nSPS) is 11.6. The lowest BCUT2D eigenvalue weighted by Gasteiger charge is -2.19. The molecular weight excluding hydrogens is 656 g/mol. The summed E-state index contributed by atoms with van der Waals surface area (Å²) >= 11 is 6.41. The molecule has 0 saturated carbocycles. The highest BCUT2D eigenvalue weighted by Gasteiger charge is 2.28. The Labute approximate surface area is 281 Å². The SMILES string of the molecule is COc1ccc(-c2nn([C@@H](C)c3nc4cccc(Cl)c4c(=O)n3-c3ccccc3)c3ncnc(N)c23)c(F)c1F.O=C(O)c1ccccc1. The number of carbonyl (C=O) groups is 1. The van der Waals surface area contributed by atoms with Crippen molar-refractivity contribution in [2.45, 2.75) is 13.0 Å². The highest BCUT2D eigenvalue weighted by Crippen LogP contribution is 2.36. The minimum absolute atomic E-state index is 0.0211. The summed E-state index contributed by atoms with van der Waals surface area (Å²) in [5.41, 5.74) is 7.20. The van der Waals surface area contributed by atoms with Crippen LogP contribution in [0.15, 0.2) is 102 Å². The van der Waals surface area contributed by atoms with Crippen molar-refractivity contribution in [2.24, 2.45) is 0 Å². The molecule has 49 heavy (non-hydrogen) atoms. The average molecular weight is 682 g/mol. The summed E-state index contributed by atoms with van der Waals surface area (Å²) in [5, 5.41) is 13.8. The van der Waals surface area contributed by atoms with Crippen LogP contribution in [0.4, 0.5) is 14.6 Å². The van der Waals surface area contributed by atoms with E-state index in [2.05, 4.69) is 15.1 Å². The number of aromatic nitrogens is 6. The predicted octanol–water partition coefficient (Wildman–Crippen LogP) is 6.71. The molecule has 0 amide bonds. The van der Waals surface area contributed by atoms with Crippen LogP contribution in [0.2, 0.25) is 5.02 Å². The number of nitrogens with two attached hydrogens (primary N) is 1. The third-order valence-corrected chi connectivity index (χ3v) is 8.00. The van der Waals surface area contributed by atoms with Crippen LogP contribution in [0.3, 0.4) is 0 Å². The van der Waals surface area contributed by atoms with Gasteiger partial charge in [-0.1, -0.05) is 54.1 Å². The van der Waals surface area contributed by atoms with E-state index in [9.17, 15) is 14.0 Å². The van der Waals surface area contributed by atoms with Gasteiger partial charge in [-0.3, -0.25) is 9.36 Å². The number of fused-ring (bicyclic) bond motifs is 2. The van der Waals surface area contributed by atoms with Crippen molar-refractivity contribution < 1.29 is 23.4 Å². The summed E-state index contributed by atoms with van der Waals surface area (Å²) in [7, 11) is 1.24. The summed E-state index contributed by atoms with van der Waals surface area (Å²) in [6, 6.07) is 24.2. The van der Waals surface area contributed by atoms with Crippen molar-refractivity contribution in [3.8, 4) is 22.7 Å². The zero-order valence-corrected chi connectivity index (χ0v) is 26.6. The summed E-state index contributed by atoms with van der Waals surface area (Å²) in [6.07, 6.45) is 1.25. The standard InChI is InChI=1S/C28H20ClF2N7O2.C7H6O2/c1-14(26-35-18-10-6-9-17(29)20(18)28(39)37(26)15-7-4-3-5-8-15)38-27-21(25(32)33-13-34-27)24(36-38)16-11-12-19(40-2)23(31)22(16)30;8-7(9)6-4-2-1-3-5-6/h3-14H,1-2H3,(H2,32,33,34);1-5H,(H,8,9)/t14-;/m0./s1. The molecule has 0 aliphatic rings. The van der Waals surface area contributed by atoms with Crippen LogP contribution < -0.4 is 16.0 Å². The third kappa shape index (κ3) is 6.03. The second-order valence-corrected chi connectivity index (χ2v) is 11.0. The second kappa shape index (κ2) is 13.5. The number of aromatic carboxylic acids is 1. The highest BCUT2D eigenvalue weighted by atomic mass is 35.5. The molecule has 1 atom stereocenters. The van der Waals surface area contributed by atoms with Crippen molar-refractivity contribution in [1.82, 2.24) is 29.3 Å². The number of carboxylic acid groups (broad SMARTS) is 1. The summed E-state index contributed by atoms with van der Waals surface area (Å²) < 4.78 is 37.7. The predicted molar refractivity (Wildman–Crippen MR) is 181 cm³/mol. The number of halogens is 3. The van der Waals surface area contributed by atoms with Crippen molar-refractivity contribution in [3.63, 3.8) is 0 Å². The number of methoxy groups -OCH3 is 1. The van der Waals surface area contributed by atoms with Crippen LogP contribution in [0.5, 0.6) is 5.75 Å². The molecule has 0 radical (unpaired) electrons. The van der Waals surface area contributed by atoms with Gasteiger partial charge in [0, 0.05) is 5.56 Å². The van der Waals surface area contributed by atoms with Crippen LogP contribution in [-0.4, -0.2) is 47.5 Å². The third-order valence-electron chi connectivity index (χ3n) is 7.69. The van der Waals surface area contributed by atoms with Crippen molar-refractivity contribution in [1.29, 1.82) is 0 Å². The maximum atomic E-state index is 15.2. The lowest BCUT2D eigenvalue weighted by atomic mass is 10.1. The van der Waals surface area contributed by atoms with Crippen LogP contribution in [0.1, 0.15) is 29.1 Å². The topological polar surface area (TPSA) is 151 Å². The van der Waals surface area contributed by atoms with Gasteiger partial charge in [0.25, 0.3) is 5.56 Å². The monoisotopic (exact) mass is 681 g/mol. The molecule has 14 heteroatoms. The van der Waals surface area contributed by atoms with E-state index in [-0.39, 0.29) is 49.8 Å². The van der Waals surface area contributed by atoms with Crippen molar-refractivity contribution in [3.05, 3.63) is 136 Å². The minimum atomic E-state index is -1.17. The highest BCUT2D eigenvalue weighted by molar-refractivity contribution is 6.35. The van der Waals surface area contributed by atoms with Crippen LogP contribution in [0, 0.1) is 11.6 Å². The number of hydrogen-bond donors (Lipinski definition) is 2. The van der Waals surface area contributed by atoms with Gasteiger partial charge >= 0.3 is 5.97 Å². The van der Waals surface area contributed by atoms with E-state index in [4.69, 9.17) is 32.2 Å². The maximum absolute atomic E-state index is 15.2. The number of ether oxygens (including phenoxy) is 1. The Morgan fingerprint density at radius 2 is 1.61 bits per heavy atom. The Balaban J connectivity index is 0.000000403. The fourth-order valence-corrected chi connectivity index (χ4v) is 5.58. The van der Waals surface area contributed by atoms with E-state index in [1.807, 2.05) is 6.07 Å². The van der Waals surface area contributed by atoms with Gasteiger partial charge in [-0.05, 0) is 55.5 Å². The number of nitrogens with zero attached hydrogens (tertiary/aromatic N) is 6. The van der Waals surface area contributed by atoms with Gasteiger partial charge in [-0.2, -0.15) is 9.49 Å². The van der Waals surface area contributed by atoms with Crippen molar-refractivity contribution in [2.75, 3.05) is 12.8 Å². The lowest BCUT2D eigenvalue weighted by Crippen LogP contribution is -2.27. The van der Waals surface area contributed by atoms with E-state index in [0.717, 1.165) is 0 Å². The Morgan fingerprint density at radius 3 is 2.27 bits per heavy atom. The number of rotatable bonds is 6. The first-order chi connectivity index (χ1) is 23.6. The molecule has 3 heterocycles. The fraction of sp³-hybridized carbons (Fsp3) is 0.0857. The van der Waals surface area contributed by atoms with Crippen LogP contribution in [0.25, 0.3) is 38.9 Å². The Hall–Kier alpha value is -6.21. The van der Waals surface area contributed by atoms with Gasteiger partial charge in [-0.15, -0.1) is 0 Å². The number of benzene rings is 4. The number of nitrogen functional groups attached to an aromatic ring is 1. The fourth-order valence-electron chi connectivity index (χ4n) is 5.33. The average Bonchev–Trinajstić information content (AvgIpc) is 3.50. The van der Waals surface area contributed by atoms with E-state index < -0.39 is 23.6 Å². The van der Waals surface area contributed by atoms with Gasteiger partial charge in [0.15, 0.2) is 17.2 Å². The molecule has 7 rings (SSSR count). The first-order valence-corrected chi connectivity index (χ1v) is 15.1. The quantitative estimate of drug-likeness (QED) is 0.195. The molecule has 246 valence electrons. The Bertz CT molecular complexity index is 2400. The molecule has 0 spiro atoms. The molecule has 0 unspecified atom stereocenters. The van der Waals surface area contributed by atoms with E-state index in [1.165, 1.54) is 34.8 Å². The molecule has 0 aliphatic heterocycles. The summed E-state index contributed by atoms with van der Waals surface area (Å²) in [5.74, 6) is -3.14. The zero-order valence-electron chi connectivity index (χ0n) is 25.9. The number of hydrogen-bond acceptors (Lipinski definition) is 8. The van der Waals surface area contributed by atoms with Gasteiger partial charge in [-0.25, -0.2) is 28.8 Å². The number of carboxylic acids is 1. The van der Waals surface area contributed by atoms with Gasteiger partial charge in [0.2, 0.25) is 5.82 Å². The molecule has 0 bridgehead atoms. The molecule has 3 aromatic heterocycles. The van der Waals surface area contributed by atoms with Crippen LogP contribution >= 0.6 is 11.6 Å². The largest absolute Gasteiger partial charge is 0.494 e.